The highest BCUT2D eigenvalue weighted by atomic mass is 35.5. The van der Waals surface area contributed by atoms with Gasteiger partial charge in [0.15, 0.2) is 6.61 Å². The summed E-state index contributed by atoms with van der Waals surface area (Å²) in [6, 6.07) is 10.2. The molecule has 2 amide bonds. The SMILES string of the molecule is CN(C)S(=O)(=O)c1ccc(Cl)c(NC(=O)COc2ccccc2C(N)=O)c1. The van der Waals surface area contributed by atoms with E-state index in [4.69, 9.17) is 22.1 Å². The van der Waals surface area contributed by atoms with Gasteiger partial charge in [-0.2, -0.15) is 0 Å². The smallest absolute Gasteiger partial charge is 0.262 e. The lowest BCUT2D eigenvalue weighted by Crippen LogP contribution is -2.24. The van der Waals surface area contributed by atoms with Crippen molar-refractivity contribution >= 4 is 39.1 Å². The third-order valence-corrected chi connectivity index (χ3v) is 5.64. The molecule has 0 radical (unpaired) electrons. The predicted molar refractivity (Wildman–Crippen MR) is 101 cm³/mol. The van der Waals surface area contributed by atoms with Crippen LogP contribution in [0.3, 0.4) is 0 Å². The van der Waals surface area contributed by atoms with Gasteiger partial charge in [0.2, 0.25) is 10.0 Å². The number of nitrogens with two attached hydrogens (primary N) is 1. The Morgan fingerprint density at radius 3 is 2.48 bits per heavy atom. The van der Waals surface area contributed by atoms with E-state index in [1.54, 1.807) is 12.1 Å². The minimum absolute atomic E-state index is 0.0211. The number of hydrogen-bond donors (Lipinski definition) is 2. The van der Waals surface area contributed by atoms with Crippen molar-refractivity contribution < 1.29 is 22.7 Å². The molecule has 0 unspecified atom stereocenters. The molecule has 8 nitrogen and oxygen atoms in total. The van der Waals surface area contributed by atoms with Crippen LogP contribution < -0.4 is 15.8 Å². The molecule has 0 saturated carbocycles. The first-order chi connectivity index (χ1) is 12.6. The van der Waals surface area contributed by atoms with Crippen LogP contribution >= 0.6 is 11.6 Å². The number of anilines is 1. The number of sulfonamides is 1. The van der Waals surface area contributed by atoms with Gasteiger partial charge in [-0.3, -0.25) is 9.59 Å². The molecule has 0 saturated heterocycles. The summed E-state index contributed by atoms with van der Waals surface area (Å²) in [5.41, 5.74) is 5.51. The number of benzene rings is 2. The lowest BCUT2D eigenvalue weighted by Gasteiger charge is -2.14. The van der Waals surface area contributed by atoms with Crippen molar-refractivity contribution in [2.24, 2.45) is 5.73 Å². The van der Waals surface area contributed by atoms with Gasteiger partial charge < -0.3 is 15.8 Å². The first-order valence-corrected chi connectivity index (χ1v) is 9.48. The quantitative estimate of drug-likeness (QED) is 0.718. The van der Waals surface area contributed by atoms with Crippen molar-refractivity contribution in [1.82, 2.24) is 4.31 Å². The number of ether oxygens (including phenoxy) is 1. The molecule has 3 N–H and O–H groups in total. The third kappa shape index (κ3) is 4.97. The standard InChI is InChI=1S/C17H18ClN3O5S/c1-21(2)27(24,25)11-7-8-13(18)14(9-11)20-16(22)10-26-15-6-4-3-5-12(15)17(19)23/h3-9H,10H2,1-2H3,(H2,19,23)(H,20,22). The maximum atomic E-state index is 12.2. The second kappa shape index (κ2) is 8.38. The fourth-order valence-corrected chi connectivity index (χ4v) is 3.19. The van der Waals surface area contributed by atoms with E-state index in [0.29, 0.717) is 0 Å². The maximum absolute atomic E-state index is 12.2. The van der Waals surface area contributed by atoms with Gasteiger partial charge in [-0.25, -0.2) is 12.7 Å². The van der Waals surface area contributed by atoms with Gasteiger partial charge in [-0.1, -0.05) is 23.7 Å². The molecule has 0 aliphatic carbocycles. The van der Waals surface area contributed by atoms with Gasteiger partial charge in [-0.15, -0.1) is 0 Å². The minimum atomic E-state index is -3.68. The molecular weight excluding hydrogens is 394 g/mol. The van der Waals surface area contributed by atoms with E-state index in [9.17, 15) is 18.0 Å². The van der Waals surface area contributed by atoms with Crippen molar-refractivity contribution in [1.29, 1.82) is 0 Å². The largest absolute Gasteiger partial charge is 0.483 e. The summed E-state index contributed by atoms with van der Waals surface area (Å²) in [4.78, 5) is 23.5. The van der Waals surface area contributed by atoms with Gasteiger partial charge >= 0.3 is 0 Å². The number of rotatable bonds is 7. The molecule has 0 aliphatic rings. The van der Waals surface area contributed by atoms with E-state index in [-0.39, 0.29) is 26.9 Å². The molecule has 2 aromatic carbocycles. The number of carbonyl (C=O) groups is 2. The fraction of sp³-hybridized carbons (Fsp3) is 0.176. The second-order valence-corrected chi connectivity index (χ2v) is 8.19. The van der Waals surface area contributed by atoms with Crippen molar-refractivity contribution in [2.45, 2.75) is 4.90 Å². The molecule has 0 atom stereocenters. The molecule has 2 rings (SSSR count). The van der Waals surface area contributed by atoms with Crippen LogP contribution in [-0.4, -0.2) is 45.2 Å². The highest BCUT2D eigenvalue weighted by molar-refractivity contribution is 7.89. The lowest BCUT2D eigenvalue weighted by atomic mass is 10.2. The molecule has 0 bridgehead atoms. The molecule has 0 spiro atoms. The zero-order valence-electron chi connectivity index (χ0n) is 14.6. The first-order valence-electron chi connectivity index (χ1n) is 7.66. The van der Waals surface area contributed by atoms with Gasteiger partial charge in [0.25, 0.3) is 11.8 Å². The number of hydrogen-bond acceptors (Lipinski definition) is 5. The van der Waals surface area contributed by atoms with E-state index >= 15 is 0 Å². The Kier molecular flexibility index (Phi) is 6.42. The zero-order chi connectivity index (χ0) is 20.2. The van der Waals surface area contributed by atoms with Crippen molar-refractivity contribution in [2.75, 3.05) is 26.0 Å². The number of nitrogens with zero attached hydrogens (tertiary/aromatic N) is 1. The van der Waals surface area contributed by atoms with Crippen LogP contribution in [0.2, 0.25) is 5.02 Å². The Morgan fingerprint density at radius 1 is 1.19 bits per heavy atom. The number of para-hydroxylation sites is 1. The summed E-state index contributed by atoms with van der Waals surface area (Å²) >= 11 is 6.03. The Hall–Kier alpha value is -2.62. The summed E-state index contributed by atoms with van der Waals surface area (Å²) in [6.07, 6.45) is 0. The zero-order valence-corrected chi connectivity index (χ0v) is 16.2. The molecule has 144 valence electrons. The molecule has 0 aliphatic heterocycles. The van der Waals surface area contributed by atoms with Crippen molar-refractivity contribution in [3.05, 3.63) is 53.1 Å². The molecule has 2 aromatic rings. The highest BCUT2D eigenvalue weighted by Gasteiger charge is 2.19. The second-order valence-electron chi connectivity index (χ2n) is 5.63. The maximum Gasteiger partial charge on any atom is 0.262 e. The average molecular weight is 412 g/mol. The number of amides is 2. The molecule has 27 heavy (non-hydrogen) atoms. The van der Waals surface area contributed by atoms with E-state index in [2.05, 4.69) is 5.32 Å². The Bertz CT molecular complexity index is 976. The van der Waals surface area contributed by atoms with E-state index in [1.807, 2.05) is 0 Å². The van der Waals surface area contributed by atoms with Crippen LogP contribution in [0.5, 0.6) is 5.75 Å². The average Bonchev–Trinajstić information content (AvgIpc) is 2.61. The Morgan fingerprint density at radius 2 is 1.85 bits per heavy atom. The summed E-state index contributed by atoms with van der Waals surface area (Å²) < 4.78 is 30.8. The topological polar surface area (TPSA) is 119 Å². The number of nitrogens with one attached hydrogen (secondary N) is 1. The van der Waals surface area contributed by atoms with Crippen LogP contribution in [-0.2, 0) is 14.8 Å². The third-order valence-electron chi connectivity index (χ3n) is 3.50. The number of carbonyl (C=O) groups excluding carboxylic acids is 2. The molecule has 10 heteroatoms. The van der Waals surface area contributed by atoms with Gasteiger partial charge in [0.1, 0.15) is 5.75 Å². The summed E-state index contributed by atoms with van der Waals surface area (Å²) in [5.74, 6) is -1.11. The molecule has 0 aromatic heterocycles. The summed E-state index contributed by atoms with van der Waals surface area (Å²) in [7, 11) is -0.891. The van der Waals surface area contributed by atoms with Crippen molar-refractivity contribution in [3.8, 4) is 5.75 Å². The van der Waals surface area contributed by atoms with Crippen molar-refractivity contribution in [3.63, 3.8) is 0 Å². The normalized spacial score (nSPS) is 11.3. The highest BCUT2D eigenvalue weighted by Crippen LogP contribution is 2.26. The van der Waals surface area contributed by atoms with Gasteiger partial charge in [0.05, 0.1) is 21.2 Å². The van der Waals surface area contributed by atoms with Crippen LogP contribution in [0.4, 0.5) is 5.69 Å². The summed E-state index contributed by atoms with van der Waals surface area (Å²) in [5, 5.41) is 2.65. The Labute approximate surface area is 161 Å². The van der Waals surface area contributed by atoms with Gasteiger partial charge in [-0.05, 0) is 30.3 Å². The van der Waals surface area contributed by atoms with E-state index < -0.39 is 28.4 Å². The van der Waals surface area contributed by atoms with Crippen LogP contribution in [0, 0.1) is 0 Å². The number of halogens is 1. The first kappa shape index (κ1) is 20.7. The minimum Gasteiger partial charge on any atom is -0.483 e. The molecule has 0 heterocycles. The predicted octanol–water partition coefficient (Wildman–Crippen LogP) is 1.71. The lowest BCUT2D eigenvalue weighted by molar-refractivity contribution is -0.118. The molecule has 0 fully saturated rings. The summed E-state index contributed by atoms with van der Waals surface area (Å²) in [6.45, 7) is -0.425. The number of primary amides is 1. The monoisotopic (exact) mass is 411 g/mol. The van der Waals surface area contributed by atoms with Crippen LogP contribution in [0.25, 0.3) is 0 Å². The molecular formula is C17H18ClN3O5S. The Balaban J connectivity index is 2.14. The van der Waals surface area contributed by atoms with Gasteiger partial charge in [0, 0.05) is 14.1 Å². The van der Waals surface area contributed by atoms with E-state index in [0.717, 1.165) is 4.31 Å². The fourth-order valence-electron chi connectivity index (χ4n) is 2.10. The van der Waals surface area contributed by atoms with Crippen LogP contribution in [0.15, 0.2) is 47.4 Å². The van der Waals surface area contributed by atoms with Crippen LogP contribution in [0.1, 0.15) is 10.4 Å². The van der Waals surface area contributed by atoms with E-state index in [1.165, 1.54) is 44.4 Å².